The van der Waals surface area contributed by atoms with E-state index in [4.69, 9.17) is 10.4 Å². The van der Waals surface area contributed by atoms with Crippen molar-refractivity contribution in [2.24, 2.45) is 7.05 Å². The number of nitrogens with zero attached hydrogens (tertiary/aromatic N) is 3. The van der Waals surface area contributed by atoms with Gasteiger partial charge >= 0.3 is 5.97 Å². The molecule has 1 heterocycles. The summed E-state index contributed by atoms with van der Waals surface area (Å²) in [6.07, 6.45) is 1.15. The van der Waals surface area contributed by atoms with Gasteiger partial charge in [-0.25, -0.2) is 4.79 Å². The SMILES string of the molecule is Cn1ncc(C(=O)O)c1C#N. The highest BCUT2D eigenvalue weighted by Crippen LogP contribution is 2.04. The van der Waals surface area contributed by atoms with E-state index in [1.807, 2.05) is 0 Å². The van der Waals surface area contributed by atoms with Crippen LogP contribution in [0.5, 0.6) is 0 Å². The Morgan fingerprint density at radius 3 is 2.91 bits per heavy atom. The normalized spacial score (nSPS) is 9.09. The molecular weight excluding hydrogens is 146 g/mol. The molecule has 5 nitrogen and oxygen atoms in total. The fourth-order valence-electron chi connectivity index (χ4n) is 0.727. The summed E-state index contributed by atoms with van der Waals surface area (Å²) in [7, 11) is 1.52. The van der Waals surface area contributed by atoms with Crippen molar-refractivity contribution in [2.75, 3.05) is 0 Å². The van der Waals surface area contributed by atoms with Crippen molar-refractivity contribution in [2.45, 2.75) is 0 Å². The summed E-state index contributed by atoms with van der Waals surface area (Å²) in [6, 6.07) is 1.74. The minimum Gasteiger partial charge on any atom is -0.478 e. The number of rotatable bonds is 1. The standard InChI is InChI=1S/C6H5N3O2/c1-9-5(2-7)4(3-8-9)6(10)11/h3H,1H3,(H,10,11). The molecular formula is C6H5N3O2. The topological polar surface area (TPSA) is 78.9 Å². The summed E-state index contributed by atoms with van der Waals surface area (Å²) in [5.41, 5.74) is 0.00694. The van der Waals surface area contributed by atoms with Crippen molar-refractivity contribution >= 4 is 5.97 Å². The maximum absolute atomic E-state index is 10.4. The zero-order valence-electron chi connectivity index (χ0n) is 5.77. The Kier molecular flexibility index (Phi) is 1.60. The number of aryl methyl sites for hydroxylation is 1. The number of hydrogen-bond acceptors (Lipinski definition) is 3. The molecule has 11 heavy (non-hydrogen) atoms. The molecule has 1 aromatic rings. The number of carboxylic acids is 1. The molecule has 1 N–H and O–H groups in total. The van der Waals surface area contributed by atoms with Gasteiger partial charge in [-0.1, -0.05) is 0 Å². The van der Waals surface area contributed by atoms with Crippen LogP contribution in [0, 0.1) is 11.3 Å². The van der Waals surface area contributed by atoms with E-state index in [9.17, 15) is 4.79 Å². The molecule has 0 unspecified atom stereocenters. The monoisotopic (exact) mass is 151 g/mol. The van der Waals surface area contributed by atoms with Crippen molar-refractivity contribution in [1.29, 1.82) is 5.26 Å². The molecule has 0 aliphatic carbocycles. The lowest BCUT2D eigenvalue weighted by Gasteiger charge is -1.89. The van der Waals surface area contributed by atoms with Crippen molar-refractivity contribution < 1.29 is 9.90 Å². The van der Waals surface area contributed by atoms with E-state index in [-0.39, 0.29) is 11.3 Å². The van der Waals surface area contributed by atoms with Crippen LogP contribution in [0.4, 0.5) is 0 Å². The first kappa shape index (κ1) is 7.28. The van der Waals surface area contributed by atoms with E-state index in [2.05, 4.69) is 5.10 Å². The minimum absolute atomic E-state index is 0.0602. The third-order valence-electron chi connectivity index (χ3n) is 1.28. The molecule has 0 fully saturated rings. The van der Waals surface area contributed by atoms with Crippen LogP contribution in [-0.2, 0) is 7.05 Å². The van der Waals surface area contributed by atoms with Crippen molar-refractivity contribution in [3.05, 3.63) is 17.5 Å². The Balaban J connectivity index is 3.30. The van der Waals surface area contributed by atoms with Crippen LogP contribution in [-0.4, -0.2) is 20.9 Å². The van der Waals surface area contributed by atoms with Crippen LogP contribution in [0.2, 0.25) is 0 Å². The number of carboxylic acid groups (broad SMARTS) is 1. The van der Waals surface area contributed by atoms with Gasteiger partial charge in [0.05, 0.1) is 6.20 Å². The van der Waals surface area contributed by atoms with Crippen LogP contribution in [0.25, 0.3) is 0 Å². The van der Waals surface area contributed by atoms with Crippen molar-refractivity contribution in [3.8, 4) is 6.07 Å². The van der Waals surface area contributed by atoms with E-state index in [1.54, 1.807) is 6.07 Å². The molecule has 0 saturated carbocycles. The van der Waals surface area contributed by atoms with Crippen molar-refractivity contribution in [1.82, 2.24) is 9.78 Å². The zero-order chi connectivity index (χ0) is 8.43. The fraction of sp³-hybridized carbons (Fsp3) is 0.167. The van der Waals surface area contributed by atoms with Crippen LogP contribution < -0.4 is 0 Å². The average molecular weight is 151 g/mol. The summed E-state index contributed by atoms with van der Waals surface area (Å²) in [4.78, 5) is 10.4. The van der Waals surface area contributed by atoms with E-state index in [0.29, 0.717) is 0 Å². The molecule has 0 atom stereocenters. The molecule has 0 aliphatic heterocycles. The number of hydrogen-bond donors (Lipinski definition) is 1. The second kappa shape index (κ2) is 2.42. The summed E-state index contributed by atoms with van der Waals surface area (Å²) >= 11 is 0. The predicted octanol–water partition coefficient (Wildman–Crippen LogP) is -0.0100. The van der Waals surface area contributed by atoms with Crippen LogP contribution in [0.1, 0.15) is 16.1 Å². The molecule has 5 heteroatoms. The first-order chi connectivity index (χ1) is 5.16. The van der Waals surface area contributed by atoms with Gasteiger partial charge in [0.2, 0.25) is 0 Å². The van der Waals surface area contributed by atoms with Gasteiger partial charge in [-0.15, -0.1) is 0 Å². The van der Waals surface area contributed by atoms with E-state index in [1.165, 1.54) is 11.7 Å². The van der Waals surface area contributed by atoms with E-state index < -0.39 is 5.97 Å². The Morgan fingerprint density at radius 1 is 1.91 bits per heavy atom. The van der Waals surface area contributed by atoms with Gasteiger partial charge in [-0.3, -0.25) is 4.68 Å². The van der Waals surface area contributed by atoms with Gasteiger partial charge in [0.15, 0.2) is 5.69 Å². The molecule has 1 aromatic heterocycles. The summed E-state index contributed by atoms with van der Waals surface area (Å²) in [5, 5.41) is 20.6. The molecule has 0 radical (unpaired) electrons. The zero-order valence-corrected chi connectivity index (χ0v) is 5.77. The molecule has 0 aromatic carbocycles. The van der Waals surface area contributed by atoms with Crippen LogP contribution in [0.3, 0.4) is 0 Å². The first-order valence-corrected chi connectivity index (χ1v) is 2.82. The second-order valence-electron chi connectivity index (χ2n) is 1.95. The highest BCUT2D eigenvalue weighted by molar-refractivity contribution is 5.89. The summed E-state index contributed by atoms with van der Waals surface area (Å²) in [5.74, 6) is -1.13. The van der Waals surface area contributed by atoms with E-state index >= 15 is 0 Å². The average Bonchev–Trinajstić information content (AvgIpc) is 2.30. The minimum atomic E-state index is -1.13. The number of nitriles is 1. The quantitative estimate of drug-likeness (QED) is 0.612. The number of aromatic carboxylic acids is 1. The molecule has 1 rings (SSSR count). The van der Waals surface area contributed by atoms with Gasteiger partial charge in [0.1, 0.15) is 11.6 Å². The van der Waals surface area contributed by atoms with Crippen LogP contribution >= 0.6 is 0 Å². The molecule has 56 valence electrons. The Bertz CT molecular complexity index is 334. The maximum atomic E-state index is 10.4. The molecule has 0 saturated heterocycles. The smallest absolute Gasteiger partial charge is 0.340 e. The second-order valence-corrected chi connectivity index (χ2v) is 1.95. The molecule has 0 spiro atoms. The first-order valence-electron chi connectivity index (χ1n) is 2.82. The number of aromatic nitrogens is 2. The van der Waals surface area contributed by atoms with Gasteiger partial charge < -0.3 is 5.11 Å². The fourth-order valence-corrected chi connectivity index (χ4v) is 0.727. The largest absolute Gasteiger partial charge is 0.478 e. The highest BCUT2D eigenvalue weighted by Gasteiger charge is 2.13. The maximum Gasteiger partial charge on any atom is 0.340 e. The van der Waals surface area contributed by atoms with Gasteiger partial charge in [-0.2, -0.15) is 10.4 Å². The van der Waals surface area contributed by atoms with Crippen LogP contribution in [0.15, 0.2) is 6.20 Å². The third kappa shape index (κ3) is 1.05. The summed E-state index contributed by atoms with van der Waals surface area (Å²) in [6.45, 7) is 0. The van der Waals surface area contributed by atoms with Crippen molar-refractivity contribution in [3.63, 3.8) is 0 Å². The Morgan fingerprint density at radius 2 is 2.55 bits per heavy atom. The molecule has 0 amide bonds. The van der Waals surface area contributed by atoms with Gasteiger partial charge in [0, 0.05) is 7.05 Å². The Hall–Kier alpha value is -1.83. The Labute approximate surface area is 62.5 Å². The number of carbonyl (C=O) groups is 1. The lowest BCUT2D eigenvalue weighted by Crippen LogP contribution is -2.00. The lowest BCUT2D eigenvalue weighted by atomic mass is 10.3. The van der Waals surface area contributed by atoms with E-state index in [0.717, 1.165) is 6.20 Å². The lowest BCUT2D eigenvalue weighted by molar-refractivity contribution is 0.0696. The third-order valence-corrected chi connectivity index (χ3v) is 1.28. The van der Waals surface area contributed by atoms with Gasteiger partial charge in [0.25, 0.3) is 0 Å². The predicted molar refractivity (Wildman–Crippen MR) is 34.9 cm³/mol. The highest BCUT2D eigenvalue weighted by atomic mass is 16.4. The molecule has 0 bridgehead atoms. The van der Waals surface area contributed by atoms with Gasteiger partial charge in [-0.05, 0) is 0 Å². The summed E-state index contributed by atoms with van der Waals surface area (Å²) < 4.78 is 1.23. The molecule has 0 aliphatic rings.